The summed E-state index contributed by atoms with van der Waals surface area (Å²) in [7, 11) is 0. The molecule has 23 heavy (non-hydrogen) atoms. The van der Waals surface area contributed by atoms with Crippen LogP contribution in [0.25, 0.3) is 0 Å². The molecule has 0 aliphatic heterocycles. The Morgan fingerprint density at radius 2 is 1.78 bits per heavy atom. The fraction of sp³-hybridized carbons (Fsp3) is 0.0667. The normalized spacial score (nSPS) is 10.0. The molecule has 0 saturated heterocycles. The number of hydrogen-bond acceptors (Lipinski definition) is 4. The van der Waals surface area contributed by atoms with Crippen LogP contribution < -0.4 is 10.6 Å². The Bertz CT molecular complexity index is 792. The van der Waals surface area contributed by atoms with E-state index in [0.29, 0.717) is 5.69 Å². The Labute approximate surface area is 136 Å². The monoisotopic (exact) mass is 333 g/mol. The zero-order valence-electron chi connectivity index (χ0n) is 12.0. The van der Waals surface area contributed by atoms with Crippen LogP contribution in [0.3, 0.4) is 0 Å². The van der Waals surface area contributed by atoms with Gasteiger partial charge < -0.3 is 10.6 Å². The molecule has 0 atom stereocenters. The molecule has 2 rings (SSSR count). The van der Waals surface area contributed by atoms with Gasteiger partial charge >= 0.3 is 0 Å². The van der Waals surface area contributed by atoms with Crippen molar-refractivity contribution in [1.29, 1.82) is 0 Å². The molecule has 2 aromatic rings. The summed E-state index contributed by atoms with van der Waals surface area (Å²) in [5.74, 6) is -0.802. The fourth-order valence-electron chi connectivity index (χ4n) is 1.89. The molecule has 7 nitrogen and oxygen atoms in total. The first kappa shape index (κ1) is 16.4. The smallest absolute Gasteiger partial charge is 0.271 e. The van der Waals surface area contributed by atoms with E-state index < -0.39 is 10.8 Å². The van der Waals surface area contributed by atoms with Crippen molar-refractivity contribution >= 4 is 40.5 Å². The van der Waals surface area contributed by atoms with Gasteiger partial charge in [0, 0.05) is 19.1 Å². The molecule has 0 spiro atoms. The molecule has 0 aliphatic carbocycles. The van der Waals surface area contributed by atoms with Gasteiger partial charge in [0.25, 0.3) is 11.6 Å². The fourth-order valence-corrected chi connectivity index (χ4v) is 2.11. The second-order valence-corrected chi connectivity index (χ2v) is 5.01. The predicted molar refractivity (Wildman–Crippen MR) is 86.8 cm³/mol. The molecule has 0 fully saturated rings. The summed E-state index contributed by atoms with van der Waals surface area (Å²) in [6.07, 6.45) is 0. The molecule has 0 aromatic heterocycles. The van der Waals surface area contributed by atoms with Crippen molar-refractivity contribution in [2.45, 2.75) is 6.92 Å². The predicted octanol–water partition coefficient (Wildman–Crippen LogP) is 3.46. The lowest BCUT2D eigenvalue weighted by Gasteiger charge is -2.11. The average Bonchev–Trinajstić information content (AvgIpc) is 2.49. The average molecular weight is 334 g/mol. The van der Waals surface area contributed by atoms with E-state index in [-0.39, 0.29) is 27.9 Å². The highest BCUT2D eigenvalue weighted by Gasteiger charge is 2.15. The van der Waals surface area contributed by atoms with Crippen LogP contribution in [0.1, 0.15) is 17.3 Å². The number of nitrogens with zero attached hydrogens (tertiary/aromatic N) is 1. The summed E-state index contributed by atoms with van der Waals surface area (Å²) < 4.78 is 0. The minimum absolute atomic E-state index is 0.0459. The number of nitrogens with one attached hydrogen (secondary N) is 2. The largest absolute Gasteiger partial charge is 0.326 e. The van der Waals surface area contributed by atoms with Crippen LogP contribution in [0, 0.1) is 10.1 Å². The van der Waals surface area contributed by atoms with Crippen molar-refractivity contribution < 1.29 is 14.5 Å². The van der Waals surface area contributed by atoms with E-state index in [1.54, 1.807) is 24.3 Å². The van der Waals surface area contributed by atoms with Gasteiger partial charge in [0.05, 0.1) is 26.9 Å². The summed E-state index contributed by atoms with van der Waals surface area (Å²) in [5.41, 5.74) is 0.666. The maximum atomic E-state index is 12.3. The SMILES string of the molecule is CC(=O)Nc1ccccc1C(=O)Nc1ccc([N+](=O)[O-])cc1Cl. The second-order valence-electron chi connectivity index (χ2n) is 4.60. The van der Waals surface area contributed by atoms with Crippen molar-refractivity contribution in [3.63, 3.8) is 0 Å². The Morgan fingerprint density at radius 1 is 1.09 bits per heavy atom. The van der Waals surface area contributed by atoms with E-state index in [2.05, 4.69) is 10.6 Å². The van der Waals surface area contributed by atoms with Gasteiger partial charge in [0.2, 0.25) is 5.91 Å². The third-order valence-corrected chi connectivity index (χ3v) is 3.21. The first-order chi connectivity index (χ1) is 10.9. The maximum Gasteiger partial charge on any atom is 0.271 e. The molecular formula is C15H12ClN3O4. The molecule has 0 heterocycles. The minimum atomic E-state index is -0.580. The zero-order chi connectivity index (χ0) is 17.0. The van der Waals surface area contributed by atoms with Crippen LogP contribution in [-0.2, 0) is 4.79 Å². The quantitative estimate of drug-likeness (QED) is 0.660. The van der Waals surface area contributed by atoms with Crippen LogP contribution in [0.2, 0.25) is 5.02 Å². The number of carbonyl (C=O) groups is 2. The molecule has 2 N–H and O–H groups in total. The highest BCUT2D eigenvalue weighted by atomic mass is 35.5. The number of non-ortho nitro benzene ring substituents is 1. The summed E-state index contributed by atoms with van der Waals surface area (Å²) >= 11 is 5.94. The number of para-hydroxylation sites is 1. The third-order valence-electron chi connectivity index (χ3n) is 2.89. The number of carbonyl (C=O) groups excluding carboxylic acids is 2. The Hall–Kier alpha value is -2.93. The van der Waals surface area contributed by atoms with E-state index >= 15 is 0 Å². The highest BCUT2D eigenvalue weighted by molar-refractivity contribution is 6.34. The van der Waals surface area contributed by atoms with Crippen LogP contribution in [-0.4, -0.2) is 16.7 Å². The number of benzene rings is 2. The molecule has 2 amide bonds. The van der Waals surface area contributed by atoms with Crippen molar-refractivity contribution in [3.05, 3.63) is 63.2 Å². The first-order valence-corrected chi connectivity index (χ1v) is 6.88. The number of nitro groups is 1. The summed E-state index contributed by atoms with van der Waals surface area (Å²) in [6.45, 7) is 1.34. The molecule has 0 bridgehead atoms. The molecule has 0 unspecified atom stereocenters. The van der Waals surface area contributed by atoms with E-state index in [0.717, 1.165) is 6.07 Å². The maximum absolute atomic E-state index is 12.3. The lowest BCUT2D eigenvalue weighted by Crippen LogP contribution is -2.16. The number of hydrogen-bond donors (Lipinski definition) is 2. The van der Waals surface area contributed by atoms with Gasteiger partial charge in [-0.15, -0.1) is 0 Å². The van der Waals surface area contributed by atoms with Gasteiger partial charge in [-0.05, 0) is 18.2 Å². The Balaban J connectivity index is 2.26. The van der Waals surface area contributed by atoms with E-state index in [4.69, 9.17) is 11.6 Å². The van der Waals surface area contributed by atoms with Gasteiger partial charge in [0.1, 0.15) is 0 Å². The van der Waals surface area contributed by atoms with Crippen molar-refractivity contribution in [1.82, 2.24) is 0 Å². The molecule has 8 heteroatoms. The van der Waals surface area contributed by atoms with Gasteiger partial charge in [-0.3, -0.25) is 19.7 Å². The van der Waals surface area contributed by atoms with Gasteiger partial charge in [-0.2, -0.15) is 0 Å². The van der Waals surface area contributed by atoms with E-state index in [9.17, 15) is 19.7 Å². The standard InChI is InChI=1S/C15H12ClN3O4/c1-9(20)17-13-5-3-2-4-11(13)15(21)18-14-7-6-10(19(22)23)8-12(14)16/h2-8H,1H3,(H,17,20)(H,18,21). The lowest BCUT2D eigenvalue weighted by atomic mass is 10.1. The first-order valence-electron chi connectivity index (χ1n) is 6.50. The number of anilines is 2. The van der Waals surface area contributed by atoms with Gasteiger partial charge in [-0.25, -0.2) is 0 Å². The molecule has 118 valence electrons. The van der Waals surface area contributed by atoms with Crippen molar-refractivity contribution in [2.24, 2.45) is 0 Å². The number of rotatable bonds is 4. The molecule has 0 aliphatic rings. The van der Waals surface area contributed by atoms with Crippen LogP contribution in [0.5, 0.6) is 0 Å². The zero-order valence-corrected chi connectivity index (χ0v) is 12.8. The number of amides is 2. The third kappa shape index (κ3) is 4.04. The molecule has 2 aromatic carbocycles. The second kappa shape index (κ2) is 6.89. The van der Waals surface area contributed by atoms with Crippen molar-refractivity contribution in [3.8, 4) is 0 Å². The van der Waals surface area contributed by atoms with E-state index in [1.165, 1.54) is 19.1 Å². The van der Waals surface area contributed by atoms with Crippen LogP contribution in [0.4, 0.5) is 17.1 Å². The van der Waals surface area contributed by atoms with Gasteiger partial charge in [0.15, 0.2) is 0 Å². The topological polar surface area (TPSA) is 101 Å². The van der Waals surface area contributed by atoms with E-state index in [1.807, 2.05) is 0 Å². The van der Waals surface area contributed by atoms with Crippen molar-refractivity contribution in [2.75, 3.05) is 10.6 Å². The molecule has 0 saturated carbocycles. The van der Waals surface area contributed by atoms with Gasteiger partial charge in [-0.1, -0.05) is 23.7 Å². The van der Waals surface area contributed by atoms with Crippen LogP contribution in [0.15, 0.2) is 42.5 Å². The highest BCUT2D eigenvalue weighted by Crippen LogP contribution is 2.27. The number of nitro benzene ring substituents is 1. The summed E-state index contributed by atoms with van der Waals surface area (Å²) in [4.78, 5) is 33.6. The number of halogens is 1. The summed E-state index contributed by atoms with van der Waals surface area (Å²) in [6, 6.07) is 10.2. The Morgan fingerprint density at radius 3 is 2.39 bits per heavy atom. The Kier molecular flexibility index (Phi) is 4.92. The van der Waals surface area contributed by atoms with Crippen LogP contribution >= 0.6 is 11.6 Å². The molecular weight excluding hydrogens is 322 g/mol. The molecule has 0 radical (unpaired) electrons. The minimum Gasteiger partial charge on any atom is -0.326 e. The lowest BCUT2D eigenvalue weighted by molar-refractivity contribution is -0.384. The summed E-state index contributed by atoms with van der Waals surface area (Å²) in [5, 5.41) is 15.8.